The van der Waals surface area contributed by atoms with Crippen molar-refractivity contribution in [1.29, 1.82) is 0 Å². The highest BCUT2D eigenvalue weighted by Gasteiger charge is 2.34. The van der Waals surface area contributed by atoms with E-state index in [1.165, 1.54) is 0 Å². The molecular weight excluding hydrogens is 278 g/mol. The van der Waals surface area contributed by atoms with Crippen molar-refractivity contribution in [2.75, 3.05) is 19.6 Å². The average Bonchev–Trinajstić information content (AvgIpc) is 2.86. The molecule has 2 atom stereocenters. The zero-order valence-corrected chi connectivity index (χ0v) is 13.5. The number of carbonyl (C=O) groups excluding carboxylic acids is 2. The molecule has 5 heteroatoms. The van der Waals surface area contributed by atoms with E-state index in [1.807, 2.05) is 51.1 Å². The van der Waals surface area contributed by atoms with Gasteiger partial charge in [-0.25, -0.2) is 0 Å². The minimum atomic E-state index is -0.492. The molecule has 0 spiro atoms. The Labute approximate surface area is 131 Å². The molecule has 120 valence electrons. The second-order valence-electron chi connectivity index (χ2n) is 6.91. The predicted octanol–water partition coefficient (Wildman–Crippen LogP) is 1.10. The van der Waals surface area contributed by atoms with Gasteiger partial charge in [-0.1, -0.05) is 51.1 Å². The van der Waals surface area contributed by atoms with Crippen LogP contribution in [0.5, 0.6) is 0 Å². The first-order chi connectivity index (χ1) is 10.3. The van der Waals surface area contributed by atoms with Crippen LogP contribution in [-0.2, 0) is 9.59 Å². The maximum atomic E-state index is 12.3. The maximum absolute atomic E-state index is 12.3. The van der Waals surface area contributed by atoms with Crippen LogP contribution >= 0.6 is 0 Å². The van der Waals surface area contributed by atoms with Crippen LogP contribution in [0, 0.1) is 5.41 Å². The lowest BCUT2D eigenvalue weighted by Crippen LogP contribution is -2.43. The summed E-state index contributed by atoms with van der Waals surface area (Å²) in [5.74, 6) is -0.0427. The normalized spacial score (nSPS) is 21.7. The van der Waals surface area contributed by atoms with Gasteiger partial charge in [-0.15, -0.1) is 0 Å². The summed E-state index contributed by atoms with van der Waals surface area (Å²) in [6.45, 7) is 6.64. The van der Waals surface area contributed by atoms with Crippen molar-refractivity contribution in [1.82, 2.24) is 10.2 Å². The molecule has 0 aliphatic carbocycles. The molecule has 1 aliphatic rings. The third kappa shape index (κ3) is 3.85. The van der Waals surface area contributed by atoms with Crippen molar-refractivity contribution >= 4 is 11.8 Å². The van der Waals surface area contributed by atoms with Crippen molar-refractivity contribution in [3.05, 3.63) is 35.9 Å². The molecule has 0 aromatic heterocycles. The number of likely N-dealkylation sites (tertiary alicyclic amines) is 1. The van der Waals surface area contributed by atoms with Crippen LogP contribution in [0.1, 0.15) is 32.3 Å². The van der Waals surface area contributed by atoms with Gasteiger partial charge in [-0.2, -0.15) is 0 Å². The summed E-state index contributed by atoms with van der Waals surface area (Å²) in [4.78, 5) is 25.8. The summed E-state index contributed by atoms with van der Waals surface area (Å²) >= 11 is 0. The second kappa shape index (κ2) is 6.48. The van der Waals surface area contributed by atoms with Crippen LogP contribution in [-0.4, -0.2) is 42.4 Å². The lowest BCUT2D eigenvalue weighted by molar-refractivity contribution is -0.134. The van der Waals surface area contributed by atoms with Crippen LogP contribution < -0.4 is 11.1 Å². The number of hydrogen-bond donors (Lipinski definition) is 2. The zero-order valence-electron chi connectivity index (χ0n) is 13.5. The lowest BCUT2D eigenvalue weighted by Gasteiger charge is -2.20. The lowest BCUT2D eigenvalue weighted by atomic mass is 9.95. The SMILES string of the molecule is CC(C)(C)C(=O)NCC(=O)N1C[C@@H](N)[C@H](c2ccccc2)C1. The van der Waals surface area contributed by atoms with Gasteiger partial charge in [-0.3, -0.25) is 9.59 Å². The van der Waals surface area contributed by atoms with Crippen molar-refractivity contribution < 1.29 is 9.59 Å². The van der Waals surface area contributed by atoms with E-state index in [0.717, 1.165) is 5.56 Å². The molecule has 1 heterocycles. The van der Waals surface area contributed by atoms with Gasteiger partial charge < -0.3 is 16.0 Å². The fraction of sp³-hybridized carbons (Fsp3) is 0.529. The highest BCUT2D eigenvalue weighted by atomic mass is 16.2. The van der Waals surface area contributed by atoms with Crippen molar-refractivity contribution in [2.45, 2.75) is 32.7 Å². The number of benzene rings is 1. The van der Waals surface area contributed by atoms with E-state index in [1.54, 1.807) is 4.90 Å². The van der Waals surface area contributed by atoms with Gasteiger partial charge in [-0.05, 0) is 5.56 Å². The summed E-state index contributed by atoms with van der Waals surface area (Å²) in [7, 11) is 0. The Morgan fingerprint density at radius 3 is 2.45 bits per heavy atom. The first-order valence-electron chi connectivity index (χ1n) is 7.65. The number of amides is 2. The van der Waals surface area contributed by atoms with Gasteiger partial charge in [0.1, 0.15) is 0 Å². The monoisotopic (exact) mass is 303 g/mol. The van der Waals surface area contributed by atoms with E-state index in [0.29, 0.717) is 13.1 Å². The summed E-state index contributed by atoms with van der Waals surface area (Å²) in [6.07, 6.45) is 0. The minimum Gasteiger partial charge on any atom is -0.347 e. The zero-order chi connectivity index (χ0) is 16.3. The molecule has 1 aromatic carbocycles. The van der Waals surface area contributed by atoms with Crippen LogP contribution in [0.15, 0.2) is 30.3 Å². The molecule has 2 amide bonds. The van der Waals surface area contributed by atoms with Crippen LogP contribution in [0.4, 0.5) is 0 Å². The van der Waals surface area contributed by atoms with Gasteiger partial charge in [0.05, 0.1) is 6.54 Å². The Morgan fingerprint density at radius 1 is 1.23 bits per heavy atom. The Bertz CT molecular complexity index is 537. The molecule has 3 N–H and O–H groups in total. The number of nitrogens with zero attached hydrogens (tertiary/aromatic N) is 1. The van der Waals surface area contributed by atoms with E-state index >= 15 is 0 Å². The number of carbonyl (C=O) groups is 2. The fourth-order valence-corrected chi connectivity index (χ4v) is 2.62. The fourth-order valence-electron chi connectivity index (χ4n) is 2.62. The number of rotatable bonds is 3. The van der Waals surface area contributed by atoms with E-state index in [-0.39, 0.29) is 30.3 Å². The quantitative estimate of drug-likeness (QED) is 0.878. The predicted molar refractivity (Wildman–Crippen MR) is 86.2 cm³/mol. The van der Waals surface area contributed by atoms with Gasteiger partial charge in [0.25, 0.3) is 0 Å². The van der Waals surface area contributed by atoms with E-state index in [2.05, 4.69) is 5.32 Å². The first kappa shape index (κ1) is 16.5. The molecule has 0 bridgehead atoms. The van der Waals surface area contributed by atoms with E-state index in [4.69, 9.17) is 5.73 Å². The summed E-state index contributed by atoms with van der Waals surface area (Å²) < 4.78 is 0. The number of nitrogens with one attached hydrogen (secondary N) is 1. The van der Waals surface area contributed by atoms with Gasteiger partial charge in [0.2, 0.25) is 11.8 Å². The highest BCUT2D eigenvalue weighted by molar-refractivity contribution is 5.87. The Hall–Kier alpha value is -1.88. The smallest absolute Gasteiger partial charge is 0.242 e. The largest absolute Gasteiger partial charge is 0.347 e. The van der Waals surface area contributed by atoms with Crippen molar-refractivity contribution in [3.63, 3.8) is 0 Å². The minimum absolute atomic E-state index is 0.0321. The molecule has 1 fully saturated rings. The average molecular weight is 303 g/mol. The molecule has 5 nitrogen and oxygen atoms in total. The molecule has 0 radical (unpaired) electrons. The molecule has 0 saturated carbocycles. The molecule has 1 aliphatic heterocycles. The van der Waals surface area contributed by atoms with Crippen molar-refractivity contribution in [3.8, 4) is 0 Å². The highest BCUT2D eigenvalue weighted by Crippen LogP contribution is 2.26. The molecule has 1 aromatic rings. The number of nitrogens with two attached hydrogens (primary N) is 1. The van der Waals surface area contributed by atoms with E-state index < -0.39 is 5.41 Å². The van der Waals surface area contributed by atoms with E-state index in [9.17, 15) is 9.59 Å². The van der Waals surface area contributed by atoms with Crippen molar-refractivity contribution in [2.24, 2.45) is 11.1 Å². The number of hydrogen-bond acceptors (Lipinski definition) is 3. The third-order valence-corrected chi connectivity index (χ3v) is 4.03. The maximum Gasteiger partial charge on any atom is 0.242 e. The Kier molecular flexibility index (Phi) is 4.86. The third-order valence-electron chi connectivity index (χ3n) is 4.03. The van der Waals surface area contributed by atoms with Crippen LogP contribution in [0.25, 0.3) is 0 Å². The van der Waals surface area contributed by atoms with Crippen LogP contribution in [0.3, 0.4) is 0 Å². The Balaban J connectivity index is 1.92. The standard InChI is InChI=1S/C17H25N3O2/c1-17(2,3)16(22)19-9-15(21)20-10-13(14(18)11-20)12-7-5-4-6-8-12/h4-8,13-14H,9-11,18H2,1-3H3,(H,19,22)/t13-,14+/m0/s1. The molecule has 2 rings (SSSR count). The molecule has 1 saturated heterocycles. The van der Waals surface area contributed by atoms with Gasteiger partial charge >= 0.3 is 0 Å². The van der Waals surface area contributed by atoms with Gasteiger partial charge in [0, 0.05) is 30.5 Å². The summed E-state index contributed by atoms with van der Waals surface area (Å²) in [5, 5.41) is 2.70. The molecule has 0 unspecified atom stereocenters. The molecule has 22 heavy (non-hydrogen) atoms. The van der Waals surface area contributed by atoms with Crippen LogP contribution in [0.2, 0.25) is 0 Å². The summed E-state index contributed by atoms with van der Waals surface area (Å²) in [6, 6.07) is 9.95. The first-order valence-corrected chi connectivity index (χ1v) is 7.65. The second-order valence-corrected chi connectivity index (χ2v) is 6.91. The summed E-state index contributed by atoms with van der Waals surface area (Å²) in [5.41, 5.74) is 6.85. The molecular formula is C17H25N3O2. The Morgan fingerprint density at radius 2 is 1.86 bits per heavy atom. The van der Waals surface area contributed by atoms with Gasteiger partial charge in [0.15, 0.2) is 0 Å². The topological polar surface area (TPSA) is 75.4 Å².